The second kappa shape index (κ2) is 23.0. The first-order chi connectivity index (χ1) is 28.0. The number of aromatic hydroxyl groups is 1. The Morgan fingerprint density at radius 1 is 0.797 bits per heavy atom. The molecule has 0 unspecified atom stereocenters. The molecular weight excluding hydrogens is 759 g/mol. The van der Waals surface area contributed by atoms with Crippen LogP contribution in [0.4, 0.5) is 0 Å². The number of benzene rings is 2. The highest BCUT2D eigenvalue weighted by Crippen LogP contribution is 2.39. The van der Waals surface area contributed by atoms with Crippen molar-refractivity contribution in [1.82, 2.24) is 0 Å². The predicted molar refractivity (Wildman–Crippen MR) is 230 cm³/mol. The molecule has 0 saturated heterocycles. The molecule has 3 aromatic rings. The molecule has 0 aliphatic rings. The van der Waals surface area contributed by atoms with Crippen molar-refractivity contribution in [2.24, 2.45) is 39.0 Å². The van der Waals surface area contributed by atoms with E-state index in [2.05, 4.69) is 9.98 Å². The van der Waals surface area contributed by atoms with Gasteiger partial charge in [-0.1, -0.05) is 30.2 Å². The van der Waals surface area contributed by atoms with Gasteiger partial charge in [0.15, 0.2) is 17.5 Å². The van der Waals surface area contributed by atoms with E-state index in [1.807, 2.05) is 46.8 Å². The molecule has 0 saturated carbocycles. The summed E-state index contributed by atoms with van der Waals surface area (Å²) in [5, 5.41) is 22.5. The summed E-state index contributed by atoms with van der Waals surface area (Å²) in [5.74, 6) is -1.40. The number of nitrogens with two attached hydrogens (primary N) is 3. The van der Waals surface area contributed by atoms with Crippen molar-refractivity contribution in [3.8, 4) is 17.2 Å². The lowest BCUT2D eigenvalue weighted by Crippen LogP contribution is -2.23. The van der Waals surface area contributed by atoms with E-state index >= 15 is 0 Å². The molecule has 0 spiro atoms. The van der Waals surface area contributed by atoms with Crippen molar-refractivity contribution in [3.05, 3.63) is 62.3 Å². The van der Waals surface area contributed by atoms with E-state index in [4.69, 9.17) is 35.8 Å². The number of guanidine groups is 1. The van der Waals surface area contributed by atoms with Gasteiger partial charge < -0.3 is 46.0 Å². The molecule has 0 aliphatic carbocycles. The number of aliphatic hydroxyl groups is 1. The Kier molecular flexibility index (Phi) is 18.6. The minimum Gasteiger partial charge on any atom is -0.507 e. The lowest BCUT2D eigenvalue weighted by Gasteiger charge is -2.18. The standard InChI is InChI=1S/C44H61N5O10/c1-25(2)12-14-32-34(22-50)36(58-23-30(51)18-27(5)10-8-17-49-44(46)47)21-37-39(32)42(54)40-38(59-37)20-35(33(41(40)53)15-13-26(3)4)57-24-31(52)19-29(43(55)56-7)11-9-16-48-28(6)45/h12-13,20-21,27,29,50,53H,8-11,14-19,22-24H2,1-7H3,(H2,45,48)(H4,46,47,49)/t27-,29-/m1/s1. The highest BCUT2D eigenvalue weighted by atomic mass is 16.5. The summed E-state index contributed by atoms with van der Waals surface area (Å²) >= 11 is 0. The van der Waals surface area contributed by atoms with Crippen LogP contribution in [0, 0.1) is 11.8 Å². The third-order valence-corrected chi connectivity index (χ3v) is 9.65. The Morgan fingerprint density at radius 3 is 1.90 bits per heavy atom. The van der Waals surface area contributed by atoms with Crippen molar-refractivity contribution < 1.29 is 43.2 Å². The molecule has 2 atom stereocenters. The van der Waals surface area contributed by atoms with Crippen molar-refractivity contribution >= 4 is 51.3 Å². The normalized spacial score (nSPS) is 12.4. The van der Waals surface area contributed by atoms with Crippen LogP contribution in [-0.2, 0) is 38.6 Å². The number of phenolic OH excluding ortho intramolecular Hbond substituents is 1. The molecule has 15 heteroatoms. The van der Waals surface area contributed by atoms with Crippen LogP contribution in [-0.4, -0.2) is 73.0 Å². The summed E-state index contributed by atoms with van der Waals surface area (Å²) in [5.41, 5.74) is 18.8. The number of aliphatic hydroxyl groups excluding tert-OH is 1. The lowest BCUT2D eigenvalue weighted by atomic mass is 9.95. The molecular formula is C44H61N5O10. The van der Waals surface area contributed by atoms with Crippen molar-refractivity contribution in [1.29, 1.82) is 0 Å². The SMILES string of the molecule is COC(=O)[C@H](CCCN=C(C)N)CC(=O)COc1cc2oc3cc(OCC(=O)C[C@H](C)CCCN=C(N)N)c(CO)c(CC=C(C)C)c3c(=O)c2c(O)c1CC=C(C)C. The number of carbonyl (C=O) groups is 3. The van der Waals surface area contributed by atoms with Gasteiger partial charge in [-0.2, -0.15) is 0 Å². The smallest absolute Gasteiger partial charge is 0.309 e. The first-order valence-electron chi connectivity index (χ1n) is 19.8. The molecule has 0 radical (unpaired) electrons. The van der Waals surface area contributed by atoms with Crippen LogP contribution in [0.25, 0.3) is 21.9 Å². The fraction of sp³-hybridized carbons (Fsp3) is 0.500. The number of carbonyl (C=O) groups excluding carboxylic acids is 3. The second-order valence-corrected chi connectivity index (χ2v) is 15.3. The maximum atomic E-state index is 14.5. The van der Waals surface area contributed by atoms with Crippen LogP contribution >= 0.6 is 0 Å². The van der Waals surface area contributed by atoms with E-state index in [9.17, 15) is 29.4 Å². The number of Topliss-reactive ketones (excluding diaryl/α,β-unsaturated/α-hetero) is 2. The highest BCUT2D eigenvalue weighted by molar-refractivity contribution is 5.97. The first-order valence-corrected chi connectivity index (χ1v) is 19.8. The van der Waals surface area contributed by atoms with Gasteiger partial charge in [0.1, 0.15) is 47.0 Å². The maximum absolute atomic E-state index is 14.5. The fourth-order valence-electron chi connectivity index (χ4n) is 6.64. The number of ether oxygens (including phenoxy) is 3. The number of esters is 1. The summed E-state index contributed by atoms with van der Waals surface area (Å²) in [7, 11) is 1.26. The lowest BCUT2D eigenvalue weighted by molar-refractivity contribution is -0.147. The molecule has 2 aromatic carbocycles. The maximum Gasteiger partial charge on any atom is 0.309 e. The quantitative estimate of drug-likeness (QED) is 0.0188. The molecule has 0 aliphatic heterocycles. The number of methoxy groups -OCH3 is 1. The molecule has 1 aromatic heterocycles. The largest absolute Gasteiger partial charge is 0.507 e. The van der Waals surface area contributed by atoms with Crippen LogP contribution < -0.4 is 32.1 Å². The number of hydrogen-bond acceptors (Lipinski definition) is 12. The average molecular weight is 820 g/mol. The number of hydrogen-bond donors (Lipinski definition) is 5. The molecule has 59 heavy (non-hydrogen) atoms. The molecule has 0 bridgehead atoms. The predicted octanol–water partition coefficient (Wildman–Crippen LogP) is 5.47. The number of fused-ring (bicyclic) bond motifs is 2. The zero-order valence-electron chi connectivity index (χ0n) is 35.4. The number of allylic oxidation sites excluding steroid dienone is 4. The van der Waals surface area contributed by atoms with Crippen LogP contribution in [0.5, 0.6) is 17.2 Å². The number of ketones is 2. The summed E-state index contributed by atoms with van der Waals surface area (Å²) in [4.78, 5) is 61.4. The van der Waals surface area contributed by atoms with Crippen molar-refractivity contribution in [2.45, 2.75) is 99.5 Å². The molecule has 0 amide bonds. The minimum atomic E-state index is -0.717. The van der Waals surface area contributed by atoms with Gasteiger partial charge in [-0.15, -0.1) is 0 Å². The van der Waals surface area contributed by atoms with Gasteiger partial charge >= 0.3 is 5.97 Å². The van der Waals surface area contributed by atoms with Crippen LogP contribution in [0.15, 0.2) is 54.6 Å². The van der Waals surface area contributed by atoms with Gasteiger partial charge in [0, 0.05) is 49.2 Å². The van der Waals surface area contributed by atoms with Crippen molar-refractivity contribution in [3.63, 3.8) is 0 Å². The van der Waals surface area contributed by atoms with E-state index in [0.717, 1.165) is 17.6 Å². The van der Waals surface area contributed by atoms with Crippen LogP contribution in [0.1, 0.15) is 96.8 Å². The third-order valence-electron chi connectivity index (χ3n) is 9.65. The summed E-state index contributed by atoms with van der Waals surface area (Å²) < 4.78 is 23.3. The fourth-order valence-corrected chi connectivity index (χ4v) is 6.64. The van der Waals surface area contributed by atoms with Gasteiger partial charge in [-0.05, 0) is 84.6 Å². The van der Waals surface area contributed by atoms with Crippen molar-refractivity contribution in [2.75, 3.05) is 33.4 Å². The Morgan fingerprint density at radius 2 is 1.34 bits per heavy atom. The highest BCUT2D eigenvalue weighted by Gasteiger charge is 2.26. The van der Waals surface area contributed by atoms with Crippen LogP contribution in [0.2, 0.25) is 0 Å². The van der Waals surface area contributed by atoms with Crippen LogP contribution in [0.3, 0.4) is 0 Å². The minimum absolute atomic E-state index is 0.0193. The van der Waals surface area contributed by atoms with E-state index < -0.39 is 30.5 Å². The van der Waals surface area contributed by atoms with Gasteiger partial charge in [0.05, 0.1) is 30.9 Å². The zero-order chi connectivity index (χ0) is 43.8. The van der Waals surface area contributed by atoms with Gasteiger partial charge in [-0.3, -0.25) is 29.2 Å². The van der Waals surface area contributed by atoms with E-state index in [1.165, 1.54) is 19.2 Å². The van der Waals surface area contributed by atoms with E-state index in [1.54, 1.807) is 6.92 Å². The topological polar surface area (TPSA) is 252 Å². The first kappa shape index (κ1) is 47.7. The summed E-state index contributed by atoms with van der Waals surface area (Å²) in [6, 6.07) is 2.92. The number of amidine groups is 1. The monoisotopic (exact) mass is 819 g/mol. The van der Waals surface area contributed by atoms with E-state index in [0.29, 0.717) is 49.3 Å². The Labute approximate surface area is 345 Å². The number of phenols is 1. The molecule has 3 rings (SSSR count). The summed E-state index contributed by atoms with van der Waals surface area (Å²) in [6.45, 7) is 10.8. The average Bonchev–Trinajstić information content (AvgIpc) is 3.16. The van der Waals surface area contributed by atoms with E-state index in [-0.39, 0.29) is 100 Å². The Balaban J connectivity index is 2.07. The number of rotatable bonds is 24. The molecule has 322 valence electrons. The number of aliphatic imine (C=N–C) groups is 2. The van der Waals surface area contributed by atoms with Gasteiger partial charge in [0.2, 0.25) is 5.43 Å². The Bertz CT molecular complexity index is 2150. The zero-order valence-corrected chi connectivity index (χ0v) is 35.4. The Hall–Kier alpha value is -5.70. The molecule has 1 heterocycles. The summed E-state index contributed by atoms with van der Waals surface area (Å²) in [6.07, 6.45) is 6.55. The van der Waals surface area contributed by atoms with Gasteiger partial charge in [-0.25, -0.2) is 0 Å². The second-order valence-electron chi connectivity index (χ2n) is 15.3. The number of nitrogens with zero attached hydrogens (tertiary/aromatic N) is 2. The molecule has 8 N–H and O–H groups in total. The molecule has 0 fully saturated rings. The third kappa shape index (κ3) is 14.3. The van der Waals surface area contributed by atoms with Gasteiger partial charge in [0.25, 0.3) is 0 Å². The molecule has 15 nitrogen and oxygen atoms in total.